The number of hydrogen-bond acceptors (Lipinski definition) is 5. The molecular weight excluding hydrogens is 480 g/mol. The average molecular weight is 507 g/mol. The van der Waals surface area contributed by atoms with Crippen molar-refractivity contribution in [3.63, 3.8) is 0 Å². The number of carbonyl (C=O) groups is 3. The van der Waals surface area contributed by atoms with Gasteiger partial charge in [0.25, 0.3) is 0 Å². The molecule has 1 atom stereocenters. The number of thioether (sulfide) groups is 1. The van der Waals surface area contributed by atoms with Crippen LogP contribution in [-0.4, -0.2) is 28.0 Å². The Morgan fingerprint density at radius 3 is 2.00 bits per heavy atom. The average Bonchev–Trinajstić information content (AvgIpc) is 2.83. The van der Waals surface area contributed by atoms with Crippen molar-refractivity contribution in [1.29, 1.82) is 0 Å². The van der Waals surface area contributed by atoms with Gasteiger partial charge in [-0.2, -0.15) is 0 Å². The molecule has 0 saturated carbocycles. The Balaban J connectivity index is 1.59. The lowest BCUT2D eigenvalue weighted by Crippen LogP contribution is -2.24. The molecule has 0 fully saturated rings. The van der Waals surface area contributed by atoms with Crippen molar-refractivity contribution < 1.29 is 14.4 Å². The standard InChI is InChI=1S/C26H26N4O3S2/c1-3-23(25(33)28-19-13-9-18(10-14-19)24(27)32)35-22-6-4-5-21(15-22)30-26(34)29-20-11-7-17(8-12-20)16(2)31/h4-15,23H,3H2,1-2H3,(H2,27,32)(H,28,33)(H2,29,30,34). The molecule has 180 valence electrons. The summed E-state index contributed by atoms with van der Waals surface area (Å²) in [6.45, 7) is 3.47. The van der Waals surface area contributed by atoms with Gasteiger partial charge in [-0.3, -0.25) is 14.4 Å². The molecule has 0 aliphatic rings. The summed E-state index contributed by atoms with van der Waals surface area (Å²) in [7, 11) is 0. The van der Waals surface area contributed by atoms with Crippen LogP contribution in [0.2, 0.25) is 0 Å². The van der Waals surface area contributed by atoms with Gasteiger partial charge in [0.05, 0.1) is 5.25 Å². The lowest BCUT2D eigenvalue weighted by molar-refractivity contribution is -0.115. The van der Waals surface area contributed by atoms with E-state index in [1.165, 1.54) is 18.7 Å². The van der Waals surface area contributed by atoms with Crippen molar-refractivity contribution >= 4 is 63.8 Å². The number of benzene rings is 3. The minimum Gasteiger partial charge on any atom is -0.366 e. The van der Waals surface area contributed by atoms with Crippen molar-refractivity contribution in [2.45, 2.75) is 30.4 Å². The number of anilines is 3. The van der Waals surface area contributed by atoms with Crippen LogP contribution >= 0.6 is 24.0 Å². The Labute approximate surface area is 213 Å². The molecule has 3 aromatic carbocycles. The van der Waals surface area contributed by atoms with E-state index in [9.17, 15) is 14.4 Å². The molecule has 3 aromatic rings. The monoisotopic (exact) mass is 506 g/mol. The lowest BCUT2D eigenvalue weighted by Gasteiger charge is -2.16. The maximum absolute atomic E-state index is 12.8. The zero-order valence-corrected chi connectivity index (χ0v) is 21.0. The smallest absolute Gasteiger partial charge is 0.248 e. The minimum atomic E-state index is -0.515. The molecule has 0 aromatic heterocycles. The van der Waals surface area contributed by atoms with Gasteiger partial charge in [0.15, 0.2) is 10.9 Å². The van der Waals surface area contributed by atoms with Crippen LogP contribution in [0, 0.1) is 0 Å². The number of nitrogens with one attached hydrogen (secondary N) is 3. The SMILES string of the molecule is CCC(Sc1cccc(NC(=S)Nc2ccc(C(C)=O)cc2)c1)C(=O)Nc1ccc(C(N)=O)cc1. The van der Waals surface area contributed by atoms with E-state index in [2.05, 4.69) is 16.0 Å². The molecule has 1 unspecified atom stereocenters. The summed E-state index contributed by atoms with van der Waals surface area (Å²) in [5.74, 6) is -0.639. The number of primary amides is 1. The number of rotatable bonds is 9. The molecule has 0 aliphatic heterocycles. The van der Waals surface area contributed by atoms with E-state index in [0.29, 0.717) is 28.3 Å². The second-order valence-electron chi connectivity index (χ2n) is 7.69. The minimum absolute atomic E-state index is 0.00613. The van der Waals surface area contributed by atoms with Gasteiger partial charge in [-0.15, -0.1) is 11.8 Å². The maximum Gasteiger partial charge on any atom is 0.248 e. The fourth-order valence-electron chi connectivity index (χ4n) is 3.16. The number of Topliss-reactive ketones (excluding diaryl/α,β-unsaturated/α-hetero) is 1. The Morgan fingerprint density at radius 2 is 1.43 bits per heavy atom. The van der Waals surface area contributed by atoms with Crippen LogP contribution in [0.25, 0.3) is 0 Å². The summed E-state index contributed by atoms with van der Waals surface area (Å²) in [6.07, 6.45) is 0.629. The summed E-state index contributed by atoms with van der Waals surface area (Å²) < 4.78 is 0. The summed E-state index contributed by atoms with van der Waals surface area (Å²) >= 11 is 6.86. The molecule has 5 N–H and O–H groups in total. The highest BCUT2D eigenvalue weighted by Crippen LogP contribution is 2.28. The zero-order chi connectivity index (χ0) is 25.4. The van der Waals surface area contributed by atoms with Crippen LogP contribution in [-0.2, 0) is 4.79 Å². The summed E-state index contributed by atoms with van der Waals surface area (Å²) in [4.78, 5) is 36.4. The van der Waals surface area contributed by atoms with E-state index in [-0.39, 0.29) is 16.9 Å². The number of nitrogens with two attached hydrogens (primary N) is 1. The van der Waals surface area contributed by atoms with Gasteiger partial charge >= 0.3 is 0 Å². The Hall–Kier alpha value is -3.69. The van der Waals surface area contributed by atoms with Crippen LogP contribution in [0.4, 0.5) is 17.1 Å². The van der Waals surface area contributed by atoms with E-state index in [4.69, 9.17) is 18.0 Å². The topological polar surface area (TPSA) is 113 Å². The van der Waals surface area contributed by atoms with E-state index < -0.39 is 5.91 Å². The first-order valence-electron chi connectivity index (χ1n) is 10.9. The van der Waals surface area contributed by atoms with E-state index in [1.54, 1.807) is 48.5 Å². The first-order chi connectivity index (χ1) is 16.7. The number of amides is 2. The number of carbonyl (C=O) groups excluding carboxylic acids is 3. The zero-order valence-electron chi connectivity index (χ0n) is 19.3. The Morgan fingerprint density at radius 1 is 0.857 bits per heavy atom. The number of hydrogen-bond donors (Lipinski definition) is 4. The molecular formula is C26H26N4O3S2. The van der Waals surface area contributed by atoms with Gasteiger partial charge in [-0.25, -0.2) is 0 Å². The summed E-state index contributed by atoms with van der Waals surface area (Å²) in [5, 5.41) is 9.22. The molecule has 0 aliphatic carbocycles. The van der Waals surface area contributed by atoms with Gasteiger partial charge in [-0.05, 0) is 92.3 Å². The third kappa shape index (κ3) is 7.66. The third-order valence-corrected chi connectivity index (χ3v) is 6.58. The van der Waals surface area contributed by atoms with Crippen LogP contribution in [0.1, 0.15) is 41.0 Å². The molecule has 35 heavy (non-hydrogen) atoms. The second-order valence-corrected chi connectivity index (χ2v) is 9.37. The molecule has 7 nitrogen and oxygen atoms in total. The number of ketones is 1. The van der Waals surface area contributed by atoms with Crippen LogP contribution < -0.4 is 21.7 Å². The lowest BCUT2D eigenvalue weighted by atomic mass is 10.1. The Bertz CT molecular complexity index is 1230. The fraction of sp³-hybridized carbons (Fsp3) is 0.154. The largest absolute Gasteiger partial charge is 0.366 e. The molecule has 0 bridgehead atoms. The molecule has 0 radical (unpaired) electrons. The van der Waals surface area contributed by atoms with Crippen molar-refractivity contribution in [2.75, 3.05) is 16.0 Å². The maximum atomic E-state index is 12.8. The molecule has 9 heteroatoms. The molecule has 0 heterocycles. The second kappa shape index (κ2) is 12.1. The van der Waals surface area contributed by atoms with Crippen molar-refractivity contribution in [1.82, 2.24) is 0 Å². The highest BCUT2D eigenvalue weighted by molar-refractivity contribution is 8.00. The summed E-state index contributed by atoms with van der Waals surface area (Å²) in [6, 6.07) is 21.2. The third-order valence-electron chi connectivity index (χ3n) is 5.02. The van der Waals surface area contributed by atoms with Gasteiger partial charge in [0, 0.05) is 33.1 Å². The van der Waals surface area contributed by atoms with Crippen molar-refractivity contribution in [3.05, 3.63) is 83.9 Å². The quantitative estimate of drug-likeness (QED) is 0.177. The predicted molar refractivity (Wildman–Crippen MR) is 146 cm³/mol. The predicted octanol–water partition coefficient (Wildman–Crippen LogP) is 5.31. The van der Waals surface area contributed by atoms with Crippen LogP contribution in [0.5, 0.6) is 0 Å². The molecule has 0 spiro atoms. The van der Waals surface area contributed by atoms with Gasteiger partial charge in [0.1, 0.15) is 0 Å². The fourth-order valence-corrected chi connectivity index (χ4v) is 4.40. The first kappa shape index (κ1) is 25.9. The normalized spacial score (nSPS) is 11.3. The van der Waals surface area contributed by atoms with Crippen LogP contribution in [0.15, 0.2) is 77.7 Å². The first-order valence-corrected chi connectivity index (χ1v) is 12.2. The van der Waals surface area contributed by atoms with E-state index >= 15 is 0 Å². The van der Waals surface area contributed by atoms with Gasteiger partial charge in [-0.1, -0.05) is 13.0 Å². The Kier molecular flexibility index (Phi) is 8.99. The van der Waals surface area contributed by atoms with E-state index in [0.717, 1.165) is 16.3 Å². The van der Waals surface area contributed by atoms with Crippen LogP contribution in [0.3, 0.4) is 0 Å². The highest BCUT2D eigenvalue weighted by atomic mass is 32.2. The molecule has 2 amide bonds. The van der Waals surface area contributed by atoms with Gasteiger partial charge in [0.2, 0.25) is 11.8 Å². The summed E-state index contributed by atoms with van der Waals surface area (Å²) in [5.41, 5.74) is 8.43. The molecule has 0 saturated heterocycles. The van der Waals surface area contributed by atoms with E-state index in [1.807, 2.05) is 31.2 Å². The van der Waals surface area contributed by atoms with Crippen molar-refractivity contribution in [3.8, 4) is 0 Å². The number of thiocarbonyl (C=S) groups is 1. The van der Waals surface area contributed by atoms with Crippen molar-refractivity contribution in [2.24, 2.45) is 5.73 Å². The highest BCUT2D eigenvalue weighted by Gasteiger charge is 2.18. The molecule has 3 rings (SSSR count). The van der Waals surface area contributed by atoms with Gasteiger partial charge < -0.3 is 21.7 Å².